The number of hydrogen-bond acceptors (Lipinski definition) is 4. The van der Waals surface area contributed by atoms with Crippen LogP contribution in [0.25, 0.3) is 49.9 Å². The molecule has 0 spiro atoms. The molecule has 0 unspecified atom stereocenters. The first kappa shape index (κ1) is 42.0. The fourth-order valence-corrected chi connectivity index (χ4v) is 8.86. The topological polar surface area (TPSA) is 33.5 Å². The summed E-state index contributed by atoms with van der Waals surface area (Å²) >= 11 is 0. The van der Waals surface area contributed by atoms with E-state index in [1.807, 2.05) is 65.2 Å². The quantitative estimate of drug-likeness (QED) is 0.149. The van der Waals surface area contributed by atoms with Crippen LogP contribution < -0.4 is 14.5 Å². The number of aryl methyl sites for hydroxylation is 1. The van der Waals surface area contributed by atoms with Gasteiger partial charge in [-0.15, -0.1) is 48.1 Å². The zero-order valence-electron chi connectivity index (χ0n) is 42.6. The predicted octanol–water partition coefficient (Wildman–Crippen LogP) is 16.5. The first-order chi connectivity index (χ1) is 32.7. The van der Waals surface area contributed by atoms with Crippen LogP contribution in [0.5, 0.6) is 11.5 Å². The van der Waals surface area contributed by atoms with E-state index in [1.54, 1.807) is 12.3 Å². The number of aromatic nitrogens is 2. The summed E-state index contributed by atoms with van der Waals surface area (Å²) in [6, 6.07) is 59.0. The first-order valence-corrected chi connectivity index (χ1v) is 22.8. The molecule has 1 aliphatic heterocycles. The van der Waals surface area contributed by atoms with Crippen molar-refractivity contribution < 1.29 is 29.9 Å². The van der Waals surface area contributed by atoms with Crippen molar-refractivity contribution in [3.05, 3.63) is 199 Å². The molecule has 0 amide bonds. The molecular weight excluding hydrogens is 1000 g/mol. The SMILES string of the molecule is [2H]C([2H])([2H])c1cc(-n2c3[c-]c(Oc4[c-]c(N5[CH-]N(c6cc(C(C)(C)C)cc(C(C)(C)C)c6)c6ccccc65)ccc4)ccc3c3cc(-c4ccccc4)ccc32)ncc1-c1ccc(C(C)(C)C)cc1.[Pt]. The molecule has 0 bridgehead atoms. The van der Waals surface area contributed by atoms with E-state index in [1.165, 1.54) is 16.7 Å². The summed E-state index contributed by atoms with van der Waals surface area (Å²) in [6.07, 6.45) is 1.69. The van der Waals surface area contributed by atoms with E-state index >= 15 is 0 Å². The van der Waals surface area contributed by atoms with Crippen LogP contribution in [0.4, 0.5) is 22.7 Å². The molecule has 3 heterocycles. The van der Waals surface area contributed by atoms with E-state index in [0.29, 0.717) is 28.4 Å². The van der Waals surface area contributed by atoms with Crippen molar-refractivity contribution in [2.24, 2.45) is 0 Å². The number of pyridine rings is 1. The Hall–Kier alpha value is -6.42. The Morgan fingerprint density at radius 2 is 1.19 bits per heavy atom. The fraction of sp³-hybridized carbons (Fsp3) is 0.213. The molecule has 0 fully saturated rings. The van der Waals surface area contributed by atoms with Gasteiger partial charge in [0.15, 0.2) is 0 Å². The third-order valence-corrected chi connectivity index (χ3v) is 12.7. The summed E-state index contributed by atoms with van der Waals surface area (Å²) in [5.41, 5.74) is 13.0. The molecule has 340 valence electrons. The molecule has 0 N–H and O–H groups in total. The minimum Gasteiger partial charge on any atom is -0.509 e. The molecule has 2 aromatic heterocycles. The third kappa shape index (κ3) is 8.83. The normalized spacial score (nSPS) is 13.8. The van der Waals surface area contributed by atoms with Crippen molar-refractivity contribution in [1.82, 2.24) is 9.55 Å². The molecule has 9 aromatic rings. The number of ether oxygens (including phenoxy) is 1. The zero-order chi connectivity index (χ0) is 48.6. The molecule has 67 heavy (non-hydrogen) atoms. The van der Waals surface area contributed by atoms with Gasteiger partial charge in [0.2, 0.25) is 0 Å². The standard InChI is InChI=1S/C61H57N4O.Pt/c1-40-31-58(62-38-53(40)42-23-26-44(27-24-42)59(2,3)4)65-54-30-25-43(41-17-12-11-13-18-41)32-52(54)51-29-28-50(37-57(51)65)66-49-20-16-19-47(36-49)63-39-64(56-22-15-14-21-55(56)63)48-34-45(60(5,6)7)33-46(35-48)61(8,9)10;/h11-35,38-39H,1-10H3;/q-3;/i1D3;. The molecule has 0 atom stereocenters. The van der Waals surface area contributed by atoms with Crippen LogP contribution in [0.3, 0.4) is 0 Å². The van der Waals surface area contributed by atoms with Crippen LogP contribution >= 0.6 is 0 Å². The van der Waals surface area contributed by atoms with E-state index in [9.17, 15) is 0 Å². The minimum atomic E-state index is -2.41. The fourth-order valence-electron chi connectivity index (χ4n) is 8.86. The number of rotatable bonds is 7. The van der Waals surface area contributed by atoms with E-state index in [-0.39, 0.29) is 42.9 Å². The first-order valence-electron chi connectivity index (χ1n) is 24.3. The van der Waals surface area contributed by atoms with Crippen molar-refractivity contribution in [2.75, 3.05) is 9.80 Å². The average Bonchev–Trinajstić information content (AvgIpc) is 3.86. The molecule has 0 aliphatic carbocycles. The number of fused-ring (bicyclic) bond motifs is 4. The molecule has 0 saturated carbocycles. The summed E-state index contributed by atoms with van der Waals surface area (Å²) < 4.78 is 34.9. The van der Waals surface area contributed by atoms with Gasteiger partial charge in [-0.25, -0.2) is 4.98 Å². The average molecular weight is 1060 g/mol. The van der Waals surface area contributed by atoms with Crippen molar-refractivity contribution in [3.8, 4) is 39.6 Å². The largest absolute Gasteiger partial charge is 0.509 e. The molecule has 1 aliphatic rings. The number of anilines is 4. The predicted molar refractivity (Wildman–Crippen MR) is 276 cm³/mol. The number of hydrogen-bond donors (Lipinski definition) is 0. The minimum absolute atomic E-state index is 0. The van der Waals surface area contributed by atoms with Crippen LogP contribution in [0.15, 0.2) is 158 Å². The number of benzene rings is 7. The van der Waals surface area contributed by atoms with Crippen LogP contribution in [0, 0.1) is 25.7 Å². The van der Waals surface area contributed by atoms with Gasteiger partial charge in [-0.05, 0) is 104 Å². The maximum absolute atomic E-state index is 8.73. The van der Waals surface area contributed by atoms with Gasteiger partial charge < -0.3 is 19.1 Å². The third-order valence-electron chi connectivity index (χ3n) is 12.7. The smallest absolute Gasteiger partial charge is 0.135 e. The van der Waals surface area contributed by atoms with Crippen molar-refractivity contribution in [2.45, 2.75) is 85.4 Å². The molecule has 6 heteroatoms. The van der Waals surface area contributed by atoms with E-state index < -0.39 is 6.85 Å². The Balaban J connectivity index is 0.00000608. The molecule has 0 radical (unpaired) electrons. The Kier molecular flexibility index (Phi) is 10.9. The van der Waals surface area contributed by atoms with Crippen LogP contribution in [-0.4, -0.2) is 9.55 Å². The van der Waals surface area contributed by atoms with Gasteiger partial charge in [-0.2, -0.15) is 12.1 Å². The zero-order valence-corrected chi connectivity index (χ0v) is 41.9. The summed E-state index contributed by atoms with van der Waals surface area (Å²) in [7, 11) is 0. The van der Waals surface area contributed by atoms with Gasteiger partial charge >= 0.3 is 0 Å². The van der Waals surface area contributed by atoms with Gasteiger partial charge in [-0.1, -0.05) is 153 Å². The summed E-state index contributed by atoms with van der Waals surface area (Å²) in [5, 5.41) is 1.91. The summed E-state index contributed by atoms with van der Waals surface area (Å²) in [5.74, 6) is 1.48. The van der Waals surface area contributed by atoms with Gasteiger partial charge in [0.25, 0.3) is 0 Å². The molecule has 5 nitrogen and oxygen atoms in total. The van der Waals surface area contributed by atoms with Crippen molar-refractivity contribution in [3.63, 3.8) is 0 Å². The second-order valence-electron chi connectivity index (χ2n) is 20.5. The Morgan fingerprint density at radius 3 is 1.87 bits per heavy atom. The van der Waals surface area contributed by atoms with Crippen LogP contribution in [-0.2, 0) is 37.3 Å². The van der Waals surface area contributed by atoms with Gasteiger partial charge in [0.1, 0.15) is 5.82 Å². The second-order valence-corrected chi connectivity index (χ2v) is 20.5. The number of nitrogens with zero attached hydrogens (tertiary/aromatic N) is 4. The number of para-hydroxylation sites is 2. The molecular formula is C61H57N4OPt-3. The Bertz CT molecular complexity index is 3360. The summed E-state index contributed by atoms with van der Waals surface area (Å²) in [4.78, 5) is 9.44. The summed E-state index contributed by atoms with van der Waals surface area (Å²) in [6.45, 7) is 19.8. The van der Waals surface area contributed by atoms with E-state index in [0.717, 1.165) is 55.7 Å². The van der Waals surface area contributed by atoms with Crippen LogP contribution in [0.2, 0.25) is 0 Å². The van der Waals surface area contributed by atoms with Gasteiger partial charge in [0, 0.05) is 71.0 Å². The van der Waals surface area contributed by atoms with Crippen molar-refractivity contribution in [1.29, 1.82) is 0 Å². The monoisotopic (exact) mass is 1060 g/mol. The molecule has 10 rings (SSSR count). The van der Waals surface area contributed by atoms with E-state index in [2.05, 4.69) is 176 Å². The van der Waals surface area contributed by atoms with Crippen LogP contribution in [0.1, 0.15) is 88.7 Å². The van der Waals surface area contributed by atoms with E-state index in [4.69, 9.17) is 13.8 Å². The van der Waals surface area contributed by atoms with Gasteiger partial charge in [-0.3, -0.25) is 0 Å². The Morgan fingerprint density at radius 1 is 0.552 bits per heavy atom. The maximum Gasteiger partial charge on any atom is 0.135 e. The molecule has 0 saturated heterocycles. The van der Waals surface area contributed by atoms with Crippen molar-refractivity contribution >= 4 is 44.6 Å². The molecule has 7 aromatic carbocycles. The Labute approximate surface area is 415 Å². The van der Waals surface area contributed by atoms with Gasteiger partial charge in [0.05, 0.1) is 0 Å². The maximum atomic E-state index is 8.73. The second kappa shape index (κ2) is 17.3.